The van der Waals surface area contributed by atoms with Gasteiger partial charge in [-0.15, -0.1) is 0 Å². The number of carbonyl (C=O) groups excluding carboxylic acids is 1. The molecule has 0 aliphatic carbocycles. The average Bonchev–Trinajstić information content (AvgIpc) is 2.75. The van der Waals surface area contributed by atoms with E-state index in [2.05, 4.69) is 44.9 Å². The van der Waals surface area contributed by atoms with E-state index in [1.165, 1.54) is 0 Å². The number of nitrogens with zero attached hydrogens (tertiary/aromatic N) is 1. The zero-order chi connectivity index (χ0) is 15.7. The molecule has 0 bridgehead atoms. The van der Waals surface area contributed by atoms with Crippen molar-refractivity contribution in [3.05, 3.63) is 64.3 Å². The summed E-state index contributed by atoms with van der Waals surface area (Å²) in [5.74, 6) is 0.00164. The van der Waals surface area contributed by atoms with Gasteiger partial charge < -0.3 is 9.88 Å². The van der Waals surface area contributed by atoms with Gasteiger partial charge in [-0.2, -0.15) is 0 Å². The summed E-state index contributed by atoms with van der Waals surface area (Å²) in [5, 5.41) is 4.10. The number of benzene rings is 2. The maximum absolute atomic E-state index is 12.3. The van der Waals surface area contributed by atoms with E-state index in [1.807, 2.05) is 43.4 Å². The Morgan fingerprint density at radius 3 is 2.55 bits per heavy atom. The number of anilines is 1. The average molecular weight is 357 g/mol. The van der Waals surface area contributed by atoms with Gasteiger partial charge in [0.05, 0.1) is 6.42 Å². The number of nitrogens with one attached hydrogen (secondary N) is 1. The zero-order valence-corrected chi connectivity index (χ0v) is 14.1. The third-order valence-electron chi connectivity index (χ3n) is 4.00. The normalized spacial score (nSPS) is 10.9. The number of carbonyl (C=O) groups is 1. The topological polar surface area (TPSA) is 34.0 Å². The number of halogens is 1. The molecule has 2 aromatic carbocycles. The Hall–Kier alpha value is -2.07. The van der Waals surface area contributed by atoms with Gasteiger partial charge in [-0.3, -0.25) is 4.79 Å². The second-order valence-electron chi connectivity index (χ2n) is 5.37. The fourth-order valence-corrected chi connectivity index (χ4v) is 2.99. The van der Waals surface area contributed by atoms with Crippen molar-refractivity contribution in [3.63, 3.8) is 0 Å². The lowest BCUT2D eigenvalue weighted by Gasteiger charge is -2.06. The molecule has 0 aliphatic heterocycles. The molecule has 0 saturated heterocycles. The molecule has 3 rings (SSSR count). The fourth-order valence-electron chi connectivity index (χ4n) is 2.72. The summed E-state index contributed by atoms with van der Waals surface area (Å²) in [7, 11) is 2.04. The lowest BCUT2D eigenvalue weighted by Crippen LogP contribution is -2.14. The summed E-state index contributed by atoms with van der Waals surface area (Å²) >= 11 is 3.39. The molecule has 0 radical (unpaired) electrons. The minimum absolute atomic E-state index is 0.00164. The number of amides is 1. The Labute approximate surface area is 138 Å². The van der Waals surface area contributed by atoms with Crippen molar-refractivity contribution in [1.29, 1.82) is 0 Å². The molecular formula is C18H17BrN2O. The molecule has 112 valence electrons. The Bertz CT molecular complexity index is 834. The van der Waals surface area contributed by atoms with E-state index < -0.39 is 0 Å². The van der Waals surface area contributed by atoms with Gasteiger partial charge in [0.25, 0.3) is 0 Å². The van der Waals surface area contributed by atoms with Crippen molar-refractivity contribution in [2.45, 2.75) is 13.3 Å². The summed E-state index contributed by atoms with van der Waals surface area (Å²) in [5.41, 5.74) is 4.19. The highest BCUT2D eigenvalue weighted by Gasteiger charge is 2.14. The largest absolute Gasteiger partial charge is 0.348 e. The summed E-state index contributed by atoms with van der Waals surface area (Å²) in [6.07, 6.45) is 0.378. The third kappa shape index (κ3) is 2.79. The molecule has 1 N–H and O–H groups in total. The van der Waals surface area contributed by atoms with Crippen molar-refractivity contribution in [2.75, 3.05) is 5.32 Å². The van der Waals surface area contributed by atoms with Crippen LogP contribution in [0.3, 0.4) is 0 Å². The SMILES string of the molecule is Cc1c(CC(=O)Nc2ccc(Br)cc2)c2ccccc2n1C. The molecule has 4 heteroatoms. The minimum atomic E-state index is 0.00164. The van der Waals surface area contributed by atoms with E-state index in [4.69, 9.17) is 0 Å². The van der Waals surface area contributed by atoms with E-state index in [9.17, 15) is 4.79 Å². The van der Waals surface area contributed by atoms with Crippen LogP contribution >= 0.6 is 15.9 Å². The van der Waals surface area contributed by atoms with Gasteiger partial charge in [-0.05, 0) is 42.8 Å². The van der Waals surface area contributed by atoms with Gasteiger partial charge in [0.2, 0.25) is 5.91 Å². The number of aryl methyl sites for hydroxylation is 1. The summed E-state index contributed by atoms with van der Waals surface area (Å²) in [6.45, 7) is 2.06. The van der Waals surface area contributed by atoms with Gasteiger partial charge in [-0.1, -0.05) is 34.1 Å². The molecule has 1 aromatic heterocycles. The van der Waals surface area contributed by atoms with Crippen LogP contribution in [0.5, 0.6) is 0 Å². The number of rotatable bonds is 3. The molecule has 3 aromatic rings. The fraction of sp³-hybridized carbons (Fsp3) is 0.167. The van der Waals surface area contributed by atoms with Crippen molar-refractivity contribution in [3.8, 4) is 0 Å². The first-order valence-electron chi connectivity index (χ1n) is 7.14. The highest BCUT2D eigenvalue weighted by Crippen LogP contribution is 2.25. The molecule has 1 heterocycles. The van der Waals surface area contributed by atoms with Crippen LogP contribution in [0, 0.1) is 6.92 Å². The van der Waals surface area contributed by atoms with E-state index >= 15 is 0 Å². The quantitative estimate of drug-likeness (QED) is 0.739. The molecule has 3 nitrogen and oxygen atoms in total. The highest BCUT2D eigenvalue weighted by atomic mass is 79.9. The Morgan fingerprint density at radius 2 is 1.82 bits per heavy atom. The standard InChI is InChI=1S/C18H17BrN2O/c1-12-16(15-5-3-4-6-17(15)21(12)2)11-18(22)20-14-9-7-13(19)8-10-14/h3-10H,11H2,1-2H3,(H,20,22). The number of hydrogen-bond acceptors (Lipinski definition) is 1. The zero-order valence-electron chi connectivity index (χ0n) is 12.6. The monoisotopic (exact) mass is 356 g/mol. The summed E-state index contributed by atoms with van der Waals surface area (Å²) in [6, 6.07) is 15.8. The van der Waals surface area contributed by atoms with Crippen molar-refractivity contribution < 1.29 is 4.79 Å². The maximum Gasteiger partial charge on any atom is 0.228 e. The van der Waals surface area contributed by atoms with Gasteiger partial charge in [-0.25, -0.2) is 0 Å². The first-order valence-corrected chi connectivity index (χ1v) is 7.94. The minimum Gasteiger partial charge on any atom is -0.348 e. The van der Waals surface area contributed by atoms with Gasteiger partial charge in [0.15, 0.2) is 0 Å². The van der Waals surface area contributed by atoms with E-state index in [1.54, 1.807) is 0 Å². The lowest BCUT2D eigenvalue weighted by molar-refractivity contribution is -0.115. The molecule has 22 heavy (non-hydrogen) atoms. The first-order chi connectivity index (χ1) is 10.6. The van der Waals surface area contributed by atoms with Gasteiger partial charge in [0, 0.05) is 33.8 Å². The van der Waals surface area contributed by atoms with E-state index in [0.717, 1.165) is 32.3 Å². The maximum atomic E-state index is 12.3. The second-order valence-corrected chi connectivity index (χ2v) is 6.29. The van der Waals surface area contributed by atoms with Gasteiger partial charge in [0.1, 0.15) is 0 Å². The smallest absolute Gasteiger partial charge is 0.228 e. The van der Waals surface area contributed by atoms with Crippen molar-refractivity contribution in [1.82, 2.24) is 4.57 Å². The Kier molecular flexibility index (Phi) is 4.03. The highest BCUT2D eigenvalue weighted by molar-refractivity contribution is 9.10. The molecule has 0 aliphatic rings. The summed E-state index contributed by atoms with van der Waals surface area (Å²) < 4.78 is 3.13. The Morgan fingerprint density at radius 1 is 1.14 bits per heavy atom. The van der Waals surface area contributed by atoms with E-state index in [0.29, 0.717) is 6.42 Å². The van der Waals surface area contributed by atoms with Crippen LogP contribution in [0.4, 0.5) is 5.69 Å². The van der Waals surface area contributed by atoms with Crippen molar-refractivity contribution >= 4 is 38.4 Å². The number of aromatic nitrogens is 1. The van der Waals surface area contributed by atoms with Gasteiger partial charge >= 0.3 is 0 Å². The van der Waals surface area contributed by atoms with Crippen LogP contribution < -0.4 is 5.32 Å². The summed E-state index contributed by atoms with van der Waals surface area (Å²) in [4.78, 5) is 12.3. The Balaban J connectivity index is 1.85. The van der Waals surface area contributed by atoms with E-state index in [-0.39, 0.29) is 5.91 Å². The molecule has 1 amide bonds. The van der Waals surface area contributed by atoms with Crippen LogP contribution in [0.25, 0.3) is 10.9 Å². The molecule has 0 saturated carbocycles. The van der Waals surface area contributed by atoms with Crippen LogP contribution in [0.15, 0.2) is 53.0 Å². The van der Waals surface area contributed by atoms with Crippen molar-refractivity contribution in [2.24, 2.45) is 7.05 Å². The van der Waals surface area contributed by atoms with Crippen LogP contribution in [-0.4, -0.2) is 10.5 Å². The lowest BCUT2D eigenvalue weighted by atomic mass is 10.1. The molecule has 0 unspecified atom stereocenters. The molecular weight excluding hydrogens is 340 g/mol. The number of hydrogen-bond donors (Lipinski definition) is 1. The first kappa shape index (κ1) is 14.9. The molecule has 0 spiro atoms. The van der Waals surface area contributed by atoms with Crippen LogP contribution in [0.2, 0.25) is 0 Å². The number of para-hydroxylation sites is 1. The number of fused-ring (bicyclic) bond motifs is 1. The second kappa shape index (κ2) is 5.97. The predicted molar refractivity (Wildman–Crippen MR) is 94.1 cm³/mol. The predicted octanol–water partition coefficient (Wildman–Crippen LogP) is 4.43. The molecule has 0 fully saturated rings. The third-order valence-corrected chi connectivity index (χ3v) is 4.52. The van der Waals surface area contributed by atoms with Crippen LogP contribution in [-0.2, 0) is 18.3 Å². The molecule has 0 atom stereocenters. The van der Waals surface area contributed by atoms with Crippen LogP contribution in [0.1, 0.15) is 11.3 Å².